The fourth-order valence-corrected chi connectivity index (χ4v) is 2.58. The molecule has 4 nitrogen and oxygen atoms in total. The third kappa shape index (κ3) is 5.18. The Labute approximate surface area is 142 Å². The molecule has 0 spiro atoms. The highest BCUT2D eigenvalue weighted by Gasteiger charge is 2.09. The summed E-state index contributed by atoms with van der Waals surface area (Å²) >= 11 is 0. The summed E-state index contributed by atoms with van der Waals surface area (Å²) in [6, 6.07) is 15.6. The lowest BCUT2D eigenvalue weighted by Gasteiger charge is -2.12. The predicted molar refractivity (Wildman–Crippen MR) is 93.2 cm³/mol. The number of benzene rings is 2. The third-order valence-electron chi connectivity index (χ3n) is 4.10. The van der Waals surface area contributed by atoms with Crippen LogP contribution in [-0.2, 0) is 16.1 Å². The zero-order valence-corrected chi connectivity index (χ0v) is 13.9. The Hall–Kier alpha value is -2.17. The average Bonchev–Trinajstić information content (AvgIpc) is 2.65. The fourth-order valence-electron chi connectivity index (χ4n) is 2.58. The standard InChI is InChI=1S/C20H24O4/c1-24-20(23)5-3-2-4-19(22)18-12-10-17(11-13-18)16-8-6-15(14-21)7-9-16/h6-13,19,21-22H,2-5,14H2,1H3. The Morgan fingerprint density at radius 3 is 2.12 bits per heavy atom. The van der Waals surface area contributed by atoms with E-state index in [9.17, 15) is 9.90 Å². The molecule has 0 saturated carbocycles. The summed E-state index contributed by atoms with van der Waals surface area (Å²) in [7, 11) is 1.39. The minimum absolute atomic E-state index is 0.0430. The molecule has 0 aliphatic heterocycles. The number of methoxy groups -OCH3 is 1. The molecule has 0 aromatic heterocycles. The molecule has 4 heteroatoms. The molecule has 0 amide bonds. The first kappa shape index (κ1) is 18.2. The molecule has 2 aromatic rings. The van der Waals surface area contributed by atoms with Crippen molar-refractivity contribution in [1.29, 1.82) is 0 Å². The maximum Gasteiger partial charge on any atom is 0.305 e. The summed E-state index contributed by atoms with van der Waals surface area (Å²) in [6.45, 7) is 0.0430. The smallest absolute Gasteiger partial charge is 0.305 e. The largest absolute Gasteiger partial charge is 0.469 e. The highest BCUT2D eigenvalue weighted by atomic mass is 16.5. The summed E-state index contributed by atoms with van der Waals surface area (Å²) in [6.07, 6.45) is 2.00. The zero-order chi connectivity index (χ0) is 17.4. The van der Waals surface area contributed by atoms with Crippen LogP contribution in [0.2, 0.25) is 0 Å². The Balaban J connectivity index is 1.89. The Kier molecular flexibility index (Phi) is 6.97. The molecule has 0 saturated heterocycles. The van der Waals surface area contributed by atoms with Crippen LogP contribution in [0, 0.1) is 0 Å². The molecule has 1 atom stereocenters. The summed E-state index contributed by atoms with van der Waals surface area (Å²) < 4.78 is 4.60. The number of aliphatic hydroxyl groups excluding tert-OH is 2. The van der Waals surface area contributed by atoms with Crippen molar-refractivity contribution in [3.05, 3.63) is 59.7 Å². The monoisotopic (exact) mass is 328 g/mol. The van der Waals surface area contributed by atoms with E-state index in [2.05, 4.69) is 4.74 Å². The molecular weight excluding hydrogens is 304 g/mol. The highest BCUT2D eigenvalue weighted by molar-refractivity contribution is 5.69. The second-order valence-corrected chi connectivity index (χ2v) is 5.81. The number of hydrogen-bond donors (Lipinski definition) is 2. The zero-order valence-electron chi connectivity index (χ0n) is 13.9. The van der Waals surface area contributed by atoms with Crippen LogP contribution in [0.15, 0.2) is 48.5 Å². The molecule has 2 rings (SSSR count). The minimum Gasteiger partial charge on any atom is -0.469 e. The van der Waals surface area contributed by atoms with Crippen molar-refractivity contribution >= 4 is 5.97 Å². The molecule has 128 valence electrons. The van der Waals surface area contributed by atoms with Gasteiger partial charge in [0.2, 0.25) is 0 Å². The van der Waals surface area contributed by atoms with Crippen molar-refractivity contribution in [2.45, 2.75) is 38.4 Å². The van der Waals surface area contributed by atoms with Crippen molar-refractivity contribution in [3.8, 4) is 11.1 Å². The number of unbranched alkanes of at least 4 members (excludes halogenated alkanes) is 1. The van der Waals surface area contributed by atoms with Crippen molar-refractivity contribution in [1.82, 2.24) is 0 Å². The number of hydrogen-bond acceptors (Lipinski definition) is 4. The molecule has 24 heavy (non-hydrogen) atoms. The minimum atomic E-state index is -0.520. The van der Waals surface area contributed by atoms with Crippen LogP contribution in [0.3, 0.4) is 0 Å². The fraction of sp³-hybridized carbons (Fsp3) is 0.350. The number of rotatable bonds is 8. The van der Waals surface area contributed by atoms with E-state index < -0.39 is 6.10 Å². The Bertz CT molecular complexity index is 632. The molecule has 0 radical (unpaired) electrons. The van der Waals surface area contributed by atoms with Gasteiger partial charge in [0.1, 0.15) is 0 Å². The molecule has 0 aliphatic carbocycles. The van der Waals surface area contributed by atoms with Gasteiger partial charge >= 0.3 is 5.97 Å². The van der Waals surface area contributed by atoms with Crippen LogP contribution >= 0.6 is 0 Å². The van der Waals surface area contributed by atoms with E-state index in [1.165, 1.54) is 7.11 Å². The first-order valence-corrected chi connectivity index (χ1v) is 8.19. The van der Waals surface area contributed by atoms with Crippen molar-refractivity contribution in [2.24, 2.45) is 0 Å². The predicted octanol–water partition coefficient (Wildman–Crippen LogP) is 3.61. The SMILES string of the molecule is COC(=O)CCCCC(O)c1ccc(-c2ccc(CO)cc2)cc1. The van der Waals surface area contributed by atoms with E-state index in [4.69, 9.17) is 5.11 Å². The molecule has 0 fully saturated rings. The van der Waals surface area contributed by atoms with Crippen LogP contribution in [-0.4, -0.2) is 23.3 Å². The lowest BCUT2D eigenvalue weighted by molar-refractivity contribution is -0.140. The summed E-state index contributed by atoms with van der Waals surface area (Å²) in [4.78, 5) is 11.0. The second kappa shape index (κ2) is 9.21. The van der Waals surface area contributed by atoms with E-state index in [0.717, 1.165) is 35.1 Å². The van der Waals surface area contributed by atoms with Crippen LogP contribution in [0.5, 0.6) is 0 Å². The van der Waals surface area contributed by atoms with Crippen LogP contribution < -0.4 is 0 Å². The van der Waals surface area contributed by atoms with Gasteiger partial charge in [-0.1, -0.05) is 48.5 Å². The summed E-state index contributed by atoms with van der Waals surface area (Å²) in [5, 5.41) is 19.3. The van der Waals surface area contributed by atoms with Gasteiger partial charge in [-0.15, -0.1) is 0 Å². The maximum atomic E-state index is 11.0. The van der Waals surface area contributed by atoms with Crippen molar-refractivity contribution < 1.29 is 19.7 Å². The van der Waals surface area contributed by atoms with Gasteiger partial charge in [-0.2, -0.15) is 0 Å². The second-order valence-electron chi connectivity index (χ2n) is 5.81. The van der Waals surface area contributed by atoms with Gasteiger partial charge in [0.05, 0.1) is 19.8 Å². The molecule has 2 N–H and O–H groups in total. The van der Waals surface area contributed by atoms with E-state index in [-0.39, 0.29) is 12.6 Å². The molecular formula is C20H24O4. The number of aliphatic hydroxyl groups is 2. The lowest BCUT2D eigenvalue weighted by atomic mass is 9.98. The van der Waals surface area contributed by atoms with E-state index >= 15 is 0 Å². The van der Waals surface area contributed by atoms with Gasteiger partial charge < -0.3 is 14.9 Å². The molecule has 2 aromatic carbocycles. The van der Waals surface area contributed by atoms with Gasteiger partial charge in [0, 0.05) is 6.42 Å². The quantitative estimate of drug-likeness (QED) is 0.574. The van der Waals surface area contributed by atoms with Crippen LogP contribution in [0.1, 0.15) is 42.9 Å². The first-order chi connectivity index (χ1) is 11.6. The highest BCUT2D eigenvalue weighted by Crippen LogP contribution is 2.25. The van der Waals surface area contributed by atoms with Gasteiger partial charge in [0.15, 0.2) is 0 Å². The topological polar surface area (TPSA) is 66.8 Å². The van der Waals surface area contributed by atoms with E-state index in [1.807, 2.05) is 48.5 Å². The average molecular weight is 328 g/mol. The number of esters is 1. The lowest BCUT2D eigenvalue weighted by Crippen LogP contribution is -2.01. The van der Waals surface area contributed by atoms with E-state index in [0.29, 0.717) is 12.8 Å². The van der Waals surface area contributed by atoms with Crippen LogP contribution in [0.4, 0.5) is 0 Å². The Morgan fingerprint density at radius 1 is 1.00 bits per heavy atom. The Morgan fingerprint density at radius 2 is 1.58 bits per heavy atom. The molecule has 1 unspecified atom stereocenters. The van der Waals surface area contributed by atoms with Gasteiger partial charge in [0.25, 0.3) is 0 Å². The van der Waals surface area contributed by atoms with Crippen molar-refractivity contribution in [3.63, 3.8) is 0 Å². The molecule has 0 heterocycles. The first-order valence-electron chi connectivity index (χ1n) is 8.19. The summed E-state index contributed by atoms with van der Waals surface area (Å²) in [5.74, 6) is -0.207. The summed E-state index contributed by atoms with van der Waals surface area (Å²) in [5.41, 5.74) is 3.91. The normalized spacial score (nSPS) is 12.0. The number of carbonyl (C=O) groups excluding carboxylic acids is 1. The van der Waals surface area contributed by atoms with Crippen LogP contribution in [0.25, 0.3) is 11.1 Å². The molecule has 0 bridgehead atoms. The van der Waals surface area contributed by atoms with Gasteiger partial charge in [-0.25, -0.2) is 0 Å². The molecule has 0 aliphatic rings. The number of ether oxygens (including phenoxy) is 1. The van der Waals surface area contributed by atoms with Crippen molar-refractivity contribution in [2.75, 3.05) is 7.11 Å². The maximum absolute atomic E-state index is 11.0. The van der Waals surface area contributed by atoms with Gasteiger partial charge in [-0.3, -0.25) is 4.79 Å². The third-order valence-corrected chi connectivity index (χ3v) is 4.10. The van der Waals surface area contributed by atoms with Gasteiger partial charge in [-0.05, 0) is 41.5 Å². The van der Waals surface area contributed by atoms with E-state index in [1.54, 1.807) is 0 Å². The number of carbonyl (C=O) groups is 1.